The molecule has 0 spiro atoms. The molecule has 0 aliphatic carbocycles. The van der Waals surface area contributed by atoms with Crippen LogP contribution in [0.15, 0.2) is 60.7 Å². The molecule has 0 aliphatic rings. The van der Waals surface area contributed by atoms with Gasteiger partial charge in [-0.05, 0) is 37.8 Å². The van der Waals surface area contributed by atoms with Crippen LogP contribution in [0.2, 0.25) is 0 Å². The highest BCUT2D eigenvalue weighted by molar-refractivity contribution is 8.24. The minimum atomic E-state index is -0.930. The maximum Gasteiger partial charge on any atom is 0.508 e. The quantitative estimate of drug-likeness (QED) is 0.102. The zero-order valence-electron chi connectivity index (χ0n) is 24.3. The Hall–Kier alpha value is -2.47. The summed E-state index contributed by atoms with van der Waals surface area (Å²) in [5, 5.41) is 0.285. The summed E-state index contributed by atoms with van der Waals surface area (Å²) in [4.78, 5) is 36.3. The van der Waals surface area contributed by atoms with Crippen molar-refractivity contribution in [2.75, 3.05) is 13.2 Å². The maximum atomic E-state index is 12.2. The number of carbonyl (C=O) groups is 3. The van der Waals surface area contributed by atoms with E-state index in [2.05, 4.69) is 0 Å². The normalized spacial score (nSPS) is 13.6. The van der Waals surface area contributed by atoms with Gasteiger partial charge in [0.25, 0.3) is 0 Å². The smallest absolute Gasteiger partial charge is 0.462 e. The minimum Gasteiger partial charge on any atom is -0.462 e. The molecule has 0 saturated heterocycles. The van der Waals surface area contributed by atoms with Crippen LogP contribution < -0.4 is 0 Å². The molecule has 11 heteroatoms. The van der Waals surface area contributed by atoms with Gasteiger partial charge in [-0.15, -0.1) is 23.5 Å². The highest BCUT2D eigenvalue weighted by Crippen LogP contribution is 2.23. The summed E-state index contributed by atoms with van der Waals surface area (Å²) < 4.78 is 22.3. The Balaban J connectivity index is 1.54. The lowest BCUT2D eigenvalue weighted by Crippen LogP contribution is -2.26. The number of esters is 2. The summed E-state index contributed by atoms with van der Waals surface area (Å²) >= 11 is 14.0. The fraction of sp³-hybridized carbons (Fsp3) is 0.452. The number of ether oxygens (including phenoxy) is 4. The van der Waals surface area contributed by atoms with Gasteiger partial charge in [0.15, 0.2) is 0 Å². The Labute approximate surface area is 267 Å². The van der Waals surface area contributed by atoms with Crippen LogP contribution in [0.1, 0.15) is 64.5 Å². The summed E-state index contributed by atoms with van der Waals surface area (Å²) in [6.07, 6.45) is -0.619. The Kier molecular flexibility index (Phi) is 16.7. The molecule has 228 valence electrons. The number of carbonyl (C=O) groups excluding carboxylic acids is 3. The zero-order chi connectivity index (χ0) is 30.9. The van der Waals surface area contributed by atoms with Gasteiger partial charge >= 0.3 is 18.1 Å². The van der Waals surface area contributed by atoms with Crippen LogP contribution in [-0.2, 0) is 28.5 Å². The third-order valence-corrected chi connectivity index (χ3v) is 8.91. The third-order valence-electron chi connectivity index (χ3n) is 5.69. The molecule has 0 aliphatic heterocycles. The van der Waals surface area contributed by atoms with Crippen molar-refractivity contribution in [1.82, 2.24) is 0 Å². The number of thioether (sulfide) groups is 2. The summed E-state index contributed by atoms with van der Waals surface area (Å²) in [5.41, 5.74) is 1.98. The fourth-order valence-electron chi connectivity index (χ4n) is 3.43. The van der Waals surface area contributed by atoms with Gasteiger partial charge < -0.3 is 18.9 Å². The van der Waals surface area contributed by atoms with Crippen LogP contribution in [0.5, 0.6) is 0 Å². The standard InChI is InChI=1S/C31H38O7S4/c1-21(37-28(33)18-16-24(4)42-30(40)26-13-9-6-10-14-26)20-36-31(34)38-22(2)19-35-27(32)17-15-23(3)41-29(39)25-11-7-5-8-12-25/h5-14,21-24H,15-20H2,1-4H3. The van der Waals surface area contributed by atoms with Gasteiger partial charge in [-0.1, -0.05) is 98.9 Å². The summed E-state index contributed by atoms with van der Waals surface area (Å²) in [6.45, 7) is 7.00. The average molecular weight is 651 g/mol. The maximum absolute atomic E-state index is 12.2. The third kappa shape index (κ3) is 15.1. The lowest BCUT2D eigenvalue weighted by Gasteiger charge is -2.17. The molecule has 4 atom stereocenters. The van der Waals surface area contributed by atoms with Gasteiger partial charge in [-0.25, -0.2) is 4.79 Å². The predicted octanol–water partition coefficient (Wildman–Crippen LogP) is 7.56. The highest BCUT2D eigenvalue weighted by Gasteiger charge is 2.18. The molecule has 0 amide bonds. The number of rotatable bonds is 16. The highest BCUT2D eigenvalue weighted by atomic mass is 32.2. The SMILES string of the molecule is CC(COC(=O)OC(C)COC(=O)CCC(C)SC(=S)c1ccccc1)OC(=O)CCC(C)SC(=S)c1ccccc1. The van der Waals surface area contributed by atoms with E-state index < -0.39 is 18.4 Å². The first kappa shape index (κ1) is 35.7. The van der Waals surface area contributed by atoms with Gasteiger partial charge in [0, 0.05) is 23.3 Å². The molecule has 42 heavy (non-hydrogen) atoms. The molecule has 0 fully saturated rings. The van der Waals surface area contributed by atoms with Crippen molar-refractivity contribution in [1.29, 1.82) is 0 Å². The van der Waals surface area contributed by atoms with E-state index in [0.717, 1.165) is 19.5 Å². The van der Waals surface area contributed by atoms with Crippen LogP contribution in [0.25, 0.3) is 0 Å². The van der Waals surface area contributed by atoms with Crippen molar-refractivity contribution in [2.45, 2.75) is 76.1 Å². The van der Waals surface area contributed by atoms with Gasteiger partial charge in [0.1, 0.15) is 25.4 Å². The van der Waals surface area contributed by atoms with Crippen molar-refractivity contribution in [3.05, 3.63) is 71.8 Å². The average Bonchev–Trinajstić information content (AvgIpc) is 2.97. The van der Waals surface area contributed by atoms with E-state index in [0.29, 0.717) is 12.8 Å². The second-order valence-electron chi connectivity index (χ2n) is 9.71. The van der Waals surface area contributed by atoms with E-state index in [-0.39, 0.29) is 48.5 Å². The number of benzene rings is 2. The molecule has 0 heterocycles. The van der Waals surface area contributed by atoms with Gasteiger partial charge in [-0.3, -0.25) is 9.59 Å². The molecule has 2 aromatic rings. The first-order valence-corrected chi connectivity index (χ1v) is 16.3. The van der Waals surface area contributed by atoms with Crippen molar-refractivity contribution in [2.24, 2.45) is 0 Å². The molecule has 0 N–H and O–H groups in total. The Morgan fingerprint density at radius 2 is 1.07 bits per heavy atom. The zero-order valence-corrected chi connectivity index (χ0v) is 27.6. The van der Waals surface area contributed by atoms with Crippen LogP contribution in [0.4, 0.5) is 4.79 Å². The topological polar surface area (TPSA) is 88.1 Å². The fourth-order valence-corrected chi connectivity index (χ4v) is 6.43. The van der Waals surface area contributed by atoms with Crippen molar-refractivity contribution in [3.8, 4) is 0 Å². The molecule has 0 bridgehead atoms. The molecular formula is C31H38O7S4. The monoisotopic (exact) mass is 650 g/mol. The Bertz CT molecular complexity index is 1160. The van der Waals surface area contributed by atoms with E-state index in [1.165, 1.54) is 0 Å². The molecule has 2 aromatic carbocycles. The first-order valence-electron chi connectivity index (χ1n) is 13.7. The predicted molar refractivity (Wildman–Crippen MR) is 177 cm³/mol. The molecule has 2 rings (SSSR count). The Morgan fingerprint density at radius 3 is 1.57 bits per heavy atom. The lowest BCUT2D eigenvalue weighted by atomic mass is 10.2. The Morgan fingerprint density at radius 1 is 0.643 bits per heavy atom. The number of hydrogen-bond donors (Lipinski definition) is 0. The van der Waals surface area contributed by atoms with Gasteiger partial charge in [0.05, 0.1) is 8.39 Å². The molecule has 0 saturated carbocycles. The summed E-state index contributed by atoms with van der Waals surface area (Å²) in [7, 11) is 0. The molecule has 0 radical (unpaired) electrons. The summed E-state index contributed by atoms with van der Waals surface area (Å²) in [5.74, 6) is -0.764. The van der Waals surface area contributed by atoms with Gasteiger partial charge in [0.2, 0.25) is 0 Å². The van der Waals surface area contributed by atoms with E-state index in [9.17, 15) is 14.4 Å². The first-order chi connectivity index (χ1) is 20.0. The summed E-state index contributed by atoms with van der Waals surface area (Å²) in [6, 6.07) is 19.5. The van der Waals surface area contributed by atoms with E-state index in [4.69, 9.17) is 43.4 Å². The molecule has 4 unspecified atom stereocenters. The van der Waals surface area contributed by atoms with Crippen LogP contribution in [0.3, 0.4) is 0 Å². The second-order valence-corrected chi connectivity index (χ2v) is 13.9. The number of hydrogen-bond acceptors (Lipinski definition) is 11. The van der Waals surface area contributed by atoms with E-state index >= 15 is 0 Å². The van der Waals surface area contributed by atoms with Crippen molar-refractivity contribution < 1.29 is 33.3 Å². The van der Waals surface area contributed by atoms with Crippen molar-refractivity contribution in [3.63, 3.8) is 0 Å². The van der Waals surface area contributed by atoms with E-state index in [1.54, 1.807) is 37.4 Å². The number of thiocarbonyl (C=S) groups is 2. The van der Waals surface area contributed by atoms with Crippen LogP contribution in [-0.4, -0.2) is 62.4 Å². The minimum absolute atomic E-state index is 0.0909. The van der Waals surface area contributed by atoms with Crippen LogP contribution >= 0.6 is 48.0 Å². The van der Waals surface area contributed by atoms with Crippen LogP contribution in [0, 0.1) is 0 Å². The van der Waals surface area contributed by atoms with E-state index in [1.807, 2.05) is 74.5 Å². The van der Waals surface area contributed by atoms with Gasteiger partial charge in [-0.2, -0.15) is 0 Å². The lowest BCUT2D eigenvalue weighted by molar-refractivity contribution is -0.150. The molecule has 7 nitrogen and oxygen atoms in total. The molecule has 0 aromatic heterocycles. The largest absolute Gasteiger partial charge is 0.508 e. The van der Waals surface area contributed by atoms with Crippen molar-refractivity contribution >= 4 is 74.4 Å². The molecular weight excluding hydrogens is 613 g/mol. The second kappa shape index (κ2) is 19.7.